The summed E-state index contributed by atoms with van der Waals surface area (Å²) in [5.74, 6) is -0.209. The van der Waals surface area contributed by atoms with Crippen LogP contribution in [0.4, 0.5) is 0 Å². The quantitative estimate of drug-likeness (QED) is 0.0375. The number of amides is 1. The van der Waals surface area contributed by atoms with Crippen molar-refractivity contribution < 1.29 is 39.8 Å². The molecule has 286 valence electrons. The van der Waals surface area contributed by atoms with Crippen molar-refractivity contribution in [1.29, 1.82) is 0 Å². The number of ether oxygens (including phenoxy) is 2. The van der Waals surface area contributed by atoms with E-state index in [2.05, 4.69) is 79.9 Å². The number of unbranched alkanes of at least 4 members (excludes halogenated alkanes) is 9. The maximum atomic E-state index is 12.9. The average molecular weight is 704 g/mol. The fourth-order valence-corrected chi connectivity index (χ4v) is 5.44. The third kappa shape index (κ3) is 22.4. The molecule has 6 N–H and O–H groups in total. The molecule has 1 fully saturated rings. The standard InChI is InChI=1S/C41H69NO8/c1-3-5-7-9-11-13-15-16-17-18-19-20-21-23-25-27-29-31-37(45)42-34(33-49-41-40(48)39(47)38(46)36(32-43)50-41)35(44)30-28-26-24-22-14-12-10-8-6-4-2/h5-8,11,13-14,16-17,22,28,30,34-36,38-41,43-44,46-48H,3-4,9-10,12,15,18-21,23-27,29,31-33H2,1-2H3,(H,42,45)/b7-5-,8-6+,13-11-,17-16-,22-14+,30-28+. The van der Waals surface area contributed by atoms with Crippen molar-refractivity contribution in [2.75, 3.05) is 13.2 Å². The summed E-state index contributed by atoms with van der Waals surface area (Å²) in [5.41, 5.74) is 0. The minimum absolute atomic E-state index is 0.209. The van der Waals surface area contributed by atoms with Gasteiger partial charge in [-0.05, 0) is 70.6 Å². The lowest BCUT2D eigenvalue weighted by Gasteiger charge is -2.40. The fraction of sp³-hybridized carbons (Fsp3) is 0.683. The van der Waals surface area contributed by atoms with Crippen LogP contribution in [0, 0.1) is 0 Å². The van der Waals surface area contributed by atoms with Crippen LogP contribution in [0.1, 0.15) is 123 Å². The molecule has 0 spiro atoms. The first kappa shape index (κ1) is 45.7. The summed E-state index contributed by atoms with van der Waals surface area (Å²) < 4.78 is 11.1. The van der Waals surface area contributed by atoms with Gasteiger partial charge < -0.3 is 40.3 Å². The Morgan fingerprint density at radius 3 is 1.84 bits per heavy atom. The van der Waals surface area contributed by atoms with Crippen molar-refractivity contribution in [2.45, 2.75) is 166 Å². The van der Waals surface area contributed by atoms with E-state index in [9.17, 15) is 30.3 Å². The third-order valence-electron chi connectivity index (χ3n) is 8.50. The highest BCUT2D eigenvalue weighted by atomic mass is 16.7. The number of hydrogen-bond donors (Lipinski definition) is 6. The van der Waals surface area contributed by atoms with Gasteiger partial charge in [0.1, 0.15) is 24.4 Å². The molecule has 9 heteroatoms. The highest BCUT2D eigenvalue weighted by Crippen LogP contribution is 2.22. The summed E-state index contributed by atoms with van der Waals surface area (Å²) in [4.78, 5) is 12.9. The monoisotopic (exact) mass is 704 g/mol. The number of allylic oxidation sites excluding steroid dienone is 11. The molecule has 0 aromatic rings. The molecule has 0 bridgehead atoms. The lowest BCUT2D eigenvalue weighted by molar-refractivity contribution is -0.302. The second-order valence-electron chi connectivity index (χ2n) is 12.9. The van der Waals surface area contributed by atoms with Crippen LogP contribution in [0.15, 0.2) is 72.9 Å². The molecule has 0 radical (unpaired) electrons. The molecule has 1 saturated heterocycles. The van der Waals surface area contributed by atoms with Gasteiger partial charge in [-0.15, -0.1) is 0 Å². The second kappa shape index (κ2) is 31.4. The maximum absolute atomic E-state index is 12.9. The van der Waals surface area contributed by atoms with E-state index < -0.39 is 49.5 Å². The van der Waals surface area contributed by atoms with Gasteiger partial charge in [-0.25, -0.2) is 0 Å². The molecule has 0 saturated carbocycles. The van der Waals surface area contributed by atoms with E-state index in [1.807, 2.05) is 6.08 Å². The van der Waals surface area contributed by atoms with E-state index in [1.165, 1.54) is 19.3 Å². The van der Waals surface area contributed by atoms with E-state index >= 15 is 0 Å². The molecule has 50 heavy (non-hydrogen) atoms. The smallest absolute Gasteiger partial charge is 0.220 e. The van der Waals surface area contributed by atoms with Crippen molar-refractivity contribution in [3.05, 3.63) is 72.9 Å². The van der Waals surface area contributed by atoms with Crippen LogP contribution < -0.4 is 5.32 Å². The van der Waals surface area contributed by atoms with Crippen LogP contribution in [-0.4, -0.2) is 87.5 Å². The Morgan fingerprint density at radius 1 is 0.680 bits per heavy atom. The topological polar surface area (TPSA) is 149 Å². The third-order valence-corrected chi connectivity index (χ3v) is 8.50. The van der Waals surface area contributed by atoms with E-state index in [1.54, 1.807) is 6.08 Å². The molecule has 0 aromatic carbocycles. The summed E-state index contributed by atoms with van der Waals surface area (Å²) >= 11 is 0. The lowest BCUT2D eigenvalue weighted by Crippen LogP contribution is -2.60. The molecular formula is C41H69NO8. The van der Waals surface area contributed by atoms with E-state index in [0.717, 1.165) is 83.5 Å². The largest absolute Gasteiger partial charge is 0.394 e. The summed E-state index contributed by atoms with van der Waals surface area (Å²) in [7, 11) is 0. The molecule has 9 nitrogen and oxygen atoms in total. The van der Waals surface area contributed by atoms with E-state index in [4.69, 9.17) is 9.47 Å². The van der Waals surface area contributed by atoms with Crippen molar-refractivity contribution >= 4 is 5.91 Å². The molecule has 0 aromatic heterocycles. The average Bonchev–Trinajstić information content (AvgIpc) is 3.11. The molecular weight excluding hydrogens is 634 g/mol. The zero-order chi connectivity index (χ0) is 36.7. The molecule has 1 heterocycles. The van der Waals surface area contributed by atoms with Crippen molar-refractivity contribution in [3.8, 4) is 0 Å². The Hall–Kier alpha value is -2.37. The first-order valence-corrected chi connectivity index (χ1v) is 19.2. The highest BCUT2D eigenvalue weighted by molar-refractivity contribution is 5.76. The van der Waals surface area contributed by atoms with Crippen LogP contribution in [-0.2, 0) is 14.3 Å². The maximum Gasteiger partial charge on any atom is 0.220 e. The lowest BCUT2D eigenvalue weighted by atomic mass is 9.99. The van der Waals surface area contributed by atoms with Crippen LogP contribution in [0.2, 0.25) is 0 Å². The predicted octanol–water partition coefficient (Wildman–Crippen LogP) is 6.66. The van der Waals surface area contributed by atoms with Gasteiger partial charge in [0.25, 0.3) is 0 Å². The number of carbonyl (C=O) groups is 1. The molecule has 7 atom stereocenters. The number of nitrogens with one attached hydrogen (secondary N) is 1. The van der Waals surface area contributed by atoms with Gasteiger partial charge >= 0.3 is 0 Å². The zero-order valence-corrected chi connectivity index (χ0v) is 30.9. The number of aliphatic hydroxyl groups excluding tert-OH is 5. The highest BCUT2D eigenvalue weighted by Gasteiger charge is 2.44. The van der Waals surface area contributed by atoms with Gasteiger partial charge in [0.2, 0.25) is 5.91 Å². The van der Waals surface area contributed by atoms with Crippen LogP contribution in [0.3, 0.4) is 0 Å². The minimum atomic E-state index is -1.58. The van der Waals surface area contributed by atoms with E-state index in [0.29, 0.717) is 6.42 Å². The van der Waals surface area contributed by atoms with Crippen molar-refractivity contribution in [3.63, 3.8) is 0 Å². The Bertz CT molecular complexity index is 1000. The number of aliphatic hydroxyl groups is 5. The van der Waals surface area contributed by atoms with Gasteiger partial charge in [0.15, 0.2) is 6.29 Å². The first-order chi connectivity index (χ1) is 24.3. The predicted molar refractivity (Wildman–Crippen MR) is 202 cm³/mol. The molecule has 1 amide bonds. The SMILES string of the molecule is CC/C=C\C/C=C\C/C=C\CCCCCCCCCC(=O)NC(COC1OC(CO)C(O)C(O)C1O)C(O)/C=C/CC/C=C/CC/C=C/CC. The Kier molecular flexibility index (Phi) is 28.6. The van der Waals surface area contributed by atoms with Crippen LogP contribution >= 0.6 is 0 Å². The fourth-order valence-electron chi connectivity index (χ4n) is 5.44. The van der Waals surface area contributed by atoms with E-state index in [-0.39, 0.29) is 12.5 Å². The molecule has 1 aliphatic rings. The molecule has 1 rings (SSSR count). The minimum Gasteiger partial charge on any atom is -0.394 e. The van der Waals surface area contributed by atoms with Gasteiger partial charge in [0, 0.05) is 6.42 Å². The summed E-state index contributed by atoms with van der Waals surface area (Å²) in [6, 6.07) is -0.833. The van der Waals surface area contributed by atoms with Crippen molar-refractivity contribution in [2.24, 2.45) is 0 Å². The zero-order valence-electron chi connectivity index (χ0n) is 30.9. The molecule has 7 unspecified atom stereocenters. The second-order valence-corrected chi connectivity index (χ2v) is 12.9. The summed E-state index contributed by atoms with van der Waals surface area (Å²) in [5, 5.41) is 53.8. The van der Waals surface area contributed by atoms with Crippen LogP contribution in [0.25, 0.3) is 0 Å². The number of hydrogen-bond acceptors (Lipinski definition) is 8. The first-order valence-electron chi connectivity index (χ1n) is 19.2. The summed E-state index contributed by atoms with van der Waals surface area (Å²) in [6.45, 7) is 3.47. The summed E-state index contributed by atoms with van der Waals surface area (Å²) in [6.07, 6.45) is 33.8. The number of rotatable bonds is 29. The van der Waals surface area contributed by atoms with Crippen LogP contribution in [0.5, 0.6) is 0 Å². The van der Waals surface area contributed by atoms with Gasteiger partial charge in [-0.2, -0.15) is 0 Å². The Balaban J connectivity index is 2.45. The number of carbonyl (C=O) groups excluding carboxylic acids is 1. The Labute approximate surface area is 302 Å². The van der Waals surface area contributed by atoms with Gasteiger partial charge in [0.05, 0.1) is 25.4 Å². The van der Waals surface area contributed by atoms with Gasteiger partial charge in [-0.3, -0.25) is 4.79 Å². The molecule has 0 aliphatic carbocycles. The van der Waals surface area contributed by atoms with Gasteiger partial charge in [-0.1, -0.05) is 119 Å². The Morgan fingerprint density at radius 2 is 1.20 bits per heavy atom. The van der Waals surface area contributed by atoms with Crippen molar-refractivity contribution in [1.82, 2.24) is 5.32 Å². The molecule has 1 aliphatic heterocycles. The normalized spacial score (nSPS) is 23.1.